The van der Waals surface area contributed by atoms with Crippen LogP contribution in [0.2, 0.25) is 0 Å². The van der Waals surface area contributed by atoms with Gasteiger partial charge in [-0.2, -0.15) is 0 Å². The summed E-state index contributed by atoms with van der Waals surface area (Å²) < 4.78 is 10.9. The zero-order chi connectivity index (χ0) is 19.3. The Labute approximate surface area is 168 Å². The maximum Gasteiger partial charge on any atom is 0.262 e. The van der Waals surface area contributed by atoms with E-state index >= 15 is 0 Å². The van der Waals surface area contributed by atoms with E-state index in [4.69, 9.17) is 9.47 Å². The predicted octanol–water partition coefficient (Wildman–Crippen LogP) is 3.12. The minimum Gasteiger partial charge on any atom is -0.484 e. The molecule has 0 spiro atoms. The van der Waals surface area contributed by atoms with Crippen LogP contribution in [0.15, 0.2) is 30.3 Å². The molecule has 1 aliphatic heterocycles. The SMILES string of the molecule is O=C(COc1ccccc1)Nc1sc2c(c1C(=O)N1CCOCC1)CCCC2. The number of nitrogens with zero attached hydrogens (tertiary/aromatic N) is 1. The minimum absolute atomic E-state index is 0.00183. The summed E-state index contributed by atoms with van der Waals surface area (Å²) >= 11 is 1.54. The van der Waals surface area contributed by atoms with Gasteiger partial charge in [-0.15, -0.1) is 11.3 Å². The number of hydrogen-bond acceptors (Lipinski definition) is 5. The largest absolute Gasteiger partial charge is 0.484 e. The number of nitrogens with one attached hydrogen (secondary N) is 1. The summed E-state index contributed by atoms with van der Waals surface area (Å²) in [7, 11) is 0. The normalized spacial score (nSPS) is 16.4. The molecule has 4 rings (SSSR count). The van der Waals surface area contributed by atoms with Gasteiger partial charge >= 0.3 is 0 Å². The molecule has 0 radical (unpaired) electrons. The maximum atomic E-state index is 13.2. The molecular formula is C21H24N2O4S. The Morgan fingerprint density at radius 3 is 2.64 bits per heavy atom. The number of hydrogen-bond donors (Lipinski definition) is 1. The monoisotopic (exact) mass is 400 g/mol. The van der Waals surface area contributed by atoms with Crippen molar-refractivity contribution in [1.82, 2.24) is 4.90 Å². The highest BCUT2D eigenvalue weighted by atomic mass is 32.1. The van der Waals surface area contributed by atoms with Gasteiger partial charge in [-0.3, -0.25) is 9.59 Å². The van der Waals surface area contributed by atoms with Gasteiger partial charge in [-0.25, -0.2) is 0 Å². The Balaban J connectivity index is 1.51. The third-order valence-corrected chi connectivity index (χ3v) is 6.26. The van der Waals surface area contributed by atoms with Crippen LogP contribution >= 0.6 is 11.3 Å². The molecule has 2 aliphatic rings. The number of benzene rings is 1. The molecule has 6 nitrogen and oxygen atoms in total. The molecule has 2 amide bonds. The molecule has 0 unspecified atom stereocenters. The van der Waals surface area contributed by atoms with Crippen molar-refractivity contribution in [2.24, 2.45) is 0 Å². The van der Waals surface area contributed by atoms with E-state index < -0.39 is 0 Å². The molecule has 148 valence electrons. The van der Waals surface area contributed by atoms with Crippen LogP contribution in [0.5, 0.6) is 5.75 Å². The molecule has 0 saturated carbocycles. The van der Waals surface area contributed by atoms with E-state index in [1.807, 2.05) is 35.2 Å². The highest BCUT2D eigenvalue weighted by molar-refractivity contribution is 7.17. The number of aryl methyl sites for hydroxylation is 1. The minimum atomic E-state index is -0.251. The third-order valence-electron chi connectivity index (χ3n) is 5.05. The molecular weight excluding hydrogens is 376 g/mol. The van der Waals surface area contributed by atoms with Crippen LogP contribution in [0, 0.1) is 0 Å². The van der Waals surface area contributed by atoms with Crippen molar-refractivity contribution in [2.75, 3.05) is 38.2 Å². The van der Waals surface area contributed by atoms with Crippen molar-refractivity contribution in [1.29, 1.82) is 0 Å². The zero-order valence-electron chi connectivity index (χ0n) is 15.7. The number of morpholine rings is 1. The summed E-state index contributed by atoms with van der Waals surface area (Å²) in [6, 6.07) is 9.24. The topological polar surface area (TPSA) is 67.9 Å². The van der Waals surface area contributed by atoms with E-state index in [-0.39, 0.29) is 18.4 Å². The molecule has 1 aromatic heterocycles. The van der Waals surface area contributed by atoms with Gasteiger partial charge in [0.05, 0.1) is 18.8 Å². The van der Waals surface area contributed by atoms with Gasteiger partial charge in [0.15, 0.2) is 6.61 Å². The second kappa shape index (κ2) is 8.75. The van der Waals surface area contributed by atoms with Crippen LogP contribution in [-0.2, 0) is 22.4 Å². The second-order valence-electron chi connectivity index (χ2n) is 6.97. The fourth-order valence-corrected chi connectivity index (χ4v) is 4.93. The molecule has 1 saturated heterocycles. The Bertz CT molecular complexity index is 844. The molecule has 0 bridgehead atoms. The van der Waals surface area contributed by atoms with Gasteiger partial charge in [0.25, 0.3) is 11.8 Å². The number of fused-ring (bicyclic) bond motifs is 1. The van der Waals surface area contributed by atoms with Crippen LogP contribution in [0.25, 0.3) is 0 Å². The van der Waals surface area contributed by atoms with Crippen LogP contribution < -0.4 is 10.1 Å². The Morgan fingerprint density at radius 1 is 1.11 bits per heavy atom. The van der Waals surface area contributed by atoms with Crippen molar-refractivity contribution < 1.29 is 19.1 Å². The second-order valence-corrected chi connectivity index (χ2v) is 8.07. The lowest BCUT2D eigenvalue weighted by Gasteiger charge is -2.27. The lowest BCUT2D eigenvalue weighted by atomic mass is 9.95. The average Bonchev–Trinajstić information content (AvgIpc) is 3.11. The number of para-hydroxylation sites is 1. The average molecular weight is 401 g/mol. The quantitative estimate of drug-likeness (QED) is 0.837. The van der Waals surface area contributed by atoms with Crippen LogP contribution in [0.4, 0.5) is 5.00 Å². The van der Waals surface area contributed by atoms with E-state index in [2.05, 4.69) is 5.32 Å². The van der Waals surface area contributed by atoms with Gasteiger partial charge in [-0.1, -0.05) is 18.2 Å². The van der Waals surface area contributed by atoms with E-state index in [9.17, 15) is 9.59 Å². The number of carbonyl (C=O) groups excluding carboxylic acids is 2. The van der Waals surface area contributed by atoms with E-state index in [1.54, 1.807) is 0 Å². The molecule has 0 atom stereocenters. The van der Waals surface area contributed by atoms with E-state index in [1.165, 1.54) is 16.2 Å². The maximum absolute atomic E-state index is 13.2. The smallest absolute Gasteiger partial charge is 0.262 e. The fourth-order valence-electron chi connectivity index (χ4n) is 3.63. The Kier molecular flexibility index (Phi) is 5.92. The summed E-state index contributed by atoms with van der Waals surface area (Å²) in [6.07, 6.45) is 4.08. The molecule has 1 aliphatic carbocycles. The first-order chi connectivity index (χ1) is 13.7. The van der Waals surface area contributed by atoms with Crippen LogP contribution in [0.3, 0.4) is 0 Å². The fraction of sp³-hybridized carbons (Fsp3) is 0.429. The summed E-state index contributed by atoms with van der Waals surface area (Å²) in [5, 5.41) is 3.59. The van der Waals surface area contributed by atoms with Crippen molar-refractivity contribution in [3.63, 3.8) is 0 Å². The molecule has 2 aromatic rings. The zero-order valence-corrected chi connectivity index (χ0v) is 16.6. The van der Waals surface area contributed by atoms with Crippen molar-refractivity contribution in [2.45, 2.75) is 25.7 Å². The van der Waals surface area contributed by atoms with Gasteiger partial charge in [0, 0.05) is 18.0 Å². The highest BCUT2D eigenvalue weighted by Crippen LogP contribution is 2.39. The number of ether oxygens (including phenoxy) is 2. The number of rotatable bonds is 5. The number of amides is 2. The summed E-state index contributed by atoms with van der Waals surface area (Å²) in [4.78, 5) is 28.7. The first-order valence-electron chi connectivity index (χ1n) is 9.71. The van der Waals surface area contributed by atoms with Crippen molar-refractivity contribution in [3.8, 4) is 5.75 Å². The number of carbonyl (C=O) groups is 2. The summed E-state index contributed by atoms with van der Waals surface area (Å²) in [5.41, 5.74) is 1.79. The molecule has 1 aromatic carbocycles. The first-order valence-corrected chi connectivity index (χ1v) is 10.5. The molecule has 28 heavy (non-hydrogen) atoms. The summed E-state index contributed by atoms with van der Waals surface area (Å²) in [5.74, 6) is 0.396. The summed E-state index contributed by atoms with van der Waals surface area (Å²) in [6.45, 7) is 2.22. The van der Waals surface area contributed by atoms with Crippen LogP contribution in [-0.4, -0.2) is 49.6 Å². The molecule has 1 N–H and O–H groups in total. The Morgan fingerprint density at radius 2 is 1.86 bits per heavy atom. The predicted molar refractivity (Wildman–Crippen MR) is 108 cm³/mol. The number of anilines is 1. The third kappa shape index (κ3) is 4.20. The standard InChI is InChI=1S/C21H24N2O4S/c24-18(14-27-15-6-2-1-3-7-15)22-20-19(16-8-4-5-9-17(16)28-20)21(25)23-10-12-26-13-11-23/h1-3,6-7H,4-5,8-14H2,(H,22,24). The highest BCUT2D eigenvalue weighted by Gasteiger charge is 2.30. The number of thiophene rings is 1. The first kappa shape index (κ1) is 19.0. The van der Waals surface area contributed by atoms with Gasteiger partial charge in [0.1, 0.15) is 10.8 Å². The van der Waals surface area contributed by atoms with Crippen molar-refractivity contribution >= 4 is 28.2 Å². The van der Waals surface area contributed by atoms with E-state index in [0.29, 0.717) is 42.6 Å². The molecule has 7 heteroatoms. The van der Waals surface area contributed by atoms with Gasteiger partial charge < -0.3 is 19.7 Å². The van der Waals surface area contributed by atoms with Gasteiger partial charge in [0.2, 0.25) is 0 Å². The lowest BCUT2D eigenvalue weighted by molar-refractivity contribution is -0.118. The Hall–Kier alpha value is -2.38. The van der Waals surface area contributed by atoms with Crippen molar-refractivity contribution in [3.05, 3.63) is 46.3 Å². The van der Waals surface area contributed by atoms with E-state index in [0.717, 1.165) is 31.2 Å². The van der Waals surface area contributed by atoms with Gasteiger partial charge in [-0.05, 0) is 43.4 Å². The van der Waals surface area contributed by atoms with Crippen LogP contribution in [0.1, 0.15) is 33.6 Å². The lowest BCUT2D eigenvalue weighted by Crippen LogP contribution is -2.41. The molecule has 2 heterocycles. The molecule has 1 fully saturated rings.